The number of carbonyl (C=O) groups is 1. The molecular weight excluding hydrogens is 302 g/mol. The standard InChI is InChI=1S/C8H12F5O5P/c1-15-7(14)5(8(10,11)12)6(9)19(13,16-2,17-3)18-4/h1-4H3/b6-5+. The fraction of sp³-hybridized carbons (Fsp3) is 0.625. The predicted octanol–water partition coefficient (Wildman–Crippen LogP) is 3.02. The quantitative estimate of drug-likeness (QED) is 0.338. The number of rotatable bonds is 5. The molecule has 0 aliphatic rings. The number of carbonyl (C=O) groups excluding carboxylic acids is 1. The SMILES string of the molecule is COC(=O)/C(=C(/F)P(F)(OC)(OC)OC)C(F)(F)F. The number of methoxy groups -OCH3 is 1. The van der Waals surface area contributed by atoms with Crippen LogP contribution in [0.4, 0.5) is 21.8 Å². The van der Waals surface area contributed by atoms with E-state index in [2.05, 4.69) is 18.3 Å². The first-order valence-corrected chi connectivity index (χ1v) is 6.37. The summed E-state index contributed by atoms with van der Waals surface area (Å²) in [7, 11) is -4.18. The minimum atomic E-state index is -6.36. The molecule has 0 aliphatic carbocycles. The molecule has 11 heteroatoms. The summed E-state index contributed by atoms with van der Waals surface area (Å²) >= 11 is 0. The second kappa shape index (κ2) is 5.66. The Morgan fingerprint density at radius 3 is 1.58 bits per heavy atom. The zero-order valence-corrected chi connectivity index (χ0v) is 11.3. The Hall–Kier alpha value is -0.830. The molecule has 0 bridgehead atoms. The molecule has 19 heavy (non-hydrogen) atoms. The van der Waals surface area contributed by atoms with Crippen LogP contribution >= 0.6 is 7.59 Å². The van der Waals surface area contributed by atoms with Crippen molar-refractivity contribution in [2.45, 2.75) is 6.18 Å². The van der Waals surface area contributed by atoms with Gasteiger partial charge in [0.1, 0.15) is 0 Å². The molecule has 0 rings (SSSR count). The van der Waals surface area contributed by atoms with E-state index in [0.717, 1.165) is 0 Å². The number of hydrogen-bond donors (Lipinski definition) is 0. The van der Waals surface area contributed by atoms with Gasteiger partial charge in [0.15, 0.2) is 0 Å². The molecule has 0 amide bonds. The molecule has 0 atom stereocenters. The van der Waals surface area contributed by atoms with Crippen LogP contribution in [0.5, 0.6) is 0 Å². The van der Waals surface area contributed by atoms with Crippen LogP contribution in [0.3, 0.4) is 0 Å². The van der Waals surface area contributed by atoms with Crippen molar-refractivity contribution in [3.63, 3.8) is 0 Å². The molecule has 0 spiro atoms. The summed E-state index contributed by atoms with van der Waals surface area (Å²) in [6.45, 7) is 0. The molecule has 0 unspecified atom stereocenters. The topological polar surface area (TPSA) is 54.0 Å². The van der Waals surface area contributed by atoms with Crippen LogP contribution in [0.15, 0.2) is 11.1 Å². The van der Waals surface area contributed by atoms with Crippen molar-refractivity contribution in [3.05, 3.63) is 11.1 Å². The van der Waals surface area contributed by atoms with Crippen molar-refractivity contribution in [2.24, 2.45) is 0 Å². The van der Waals surface area contributed by atoms with Gasteiger partial charge in [-0.05, 0) is 0 Å². The van der Waals surface area contributed by atoms with Gasteiger partial charge in [0, 0.05) is 0 Å². The zero-order chi connectivity index (χ0) is 15.5. The summed E-state index contributed by atoms with van der Waals surface area (Å²) < 4.78 is 81.9. The maximum absolute atomic E-state index is 14.4. The van der Waals surface area contributed by atoms with Gasteiger partial charge in [-0.1, -0.05) is 0 Å². The predicted molar refractivity (Wildman–Crippen MR) is 55.3 cm³/mol. The molecular formula is C8H12F5O5P. The molecule has 0 radical (unpaired) electrons. The fourth-order valence-corrected chi connectivity index (χ4v) is 2.57. The Balaban J connectivity index is 6.33. The third-order valence-corrected chi connectivity index (χ3v) is 4.83. The third kappa shape index (κ3) is 3.19. The molecule has 0 aliphatic heterocycles. The van der Waals surface area contributed by atoms with E-state index in [9.17, 15) is 26.6 Å². The second-order valence-electron chi connectivity index (χ2n) is 2.99. The van der Waals surface area contributed by atoms with Gasteiger partial charge < -0.3 is 0 Å². The van der Waals surface area contributed by atoms with Gasteiger partial charge in [0.2, 0.25) is 0 Å². The summed E-state index contributed by atoms with van der Waals surface area (Å²) in [6.07, 6.45) is -5.53. The number of ether oxygens (including phenoxy) is 1. The number of alkyl halides is 3. The van der Waals surface area contributed by atoms with E-state index < -0.39 is 30.9 Å². The number of hydrogen-bond acceptors (Lipinski definition) is 5. The van der Waals surface area contributed by atoms with Gasteiger partial charge in [-0.15, -0.1) is 0 Å². The van der Waals surface area contributed by atoms with Crippen LogP contribution in [0.2, 0.25) is 0 Å². The summed E-state index contributed by atoms with van der Waals surface area (Å²) in [5, 5.41) is 0. The maximum atomic E-state index is 14.4. The van der Waals surface area contributed by atoms with E-state index in [1.165, 1.54) is 0 Å². The van der Waals surface area contributed by atoms with Crippen molar-refractivity contribution in [2.75, 3.05) is 28.4 Å². The Morgan fingerprint density at radius 1 is 1.00 bits per heavy atom. The van der Waals surface area contributed by atoms with Crippen LogP contribution in [0.25, 0.3) is 0 Å². The Morgan fingerprint density at radius 2 is 1.37 bits per heavy atom. The van der Waals surface area contributed by atoms with Crippen LogP contribution in [0, 0.1) is 0 Å². The first-order valence-electron chi connectivity index (χ1n) is 4.49. The van der Waals surface area contributed by atoms with Crippen LogP contribution in [-0.2, 0) is 23.1 Å². The van der Waals surface area contributed by atoms with E-state index in [1.54, 1.807) is 0 Å². The van der Waals surface area contributed by atoms with E-state index >= 15 is 0 Å². The van der Waals surface area contributed by atoms with Crippen LogP contribution in [-0.4, -0.2) is 40.6 Å². The molecule has 0 heterocycles. The monoisotopic (exact) mass is 314 g/mol. The molecule has 5 nitrogen and oxygen atoms in total. The molecule has 0 aromatic heterocycles. The van der Waals surface area contributed by atoms with Crippen molar-refractivity contribution < 1.29 is 44.9 Å². The van der Waals surface area contributed by atoms with Gasteiger partial charge in [-0.25, -0.2) is 0 Å². The molecule has 0 N–H and O–H groups in total. The van der Waals surface area contributed by atoms with Gasteiger partial charge >= 0.3 is 104 Å². The van der Waals surface area contributed by atoms with Crippen molar-refractivity contribution in [1.82, 2.24) is 0 Å². The summed E-state index contributed by atoms with van der Waals surface area (Å²) in [5.41, 5.74) is -5.17. The van der Waals surface area contributed by atoms with Gasteiger partial charge in [-0.2, -0.15) is 0 Å². The second-order valence-corrected chi connectivity index (χ2v) is 6.06. The Bertz CT molecular complexity index is 378. The molecule has 114 valence electrons. The van der Waals surface area contributed by atoms with E-state index in [4.69, 9.17) is 0 Å². The third-order valence-electron chi connectivity index (χ3n) is 2.12. The van der Waals surface area contributed by atoms with Crippen LogP contribution < -0.4 is 0 Å². The molecule has 0 aromatic rings. The van der Waals surface area contributed by atoms with Crippen molar-refractivity contribution in [1.29, 1.82) is 0 Å². The fourth-order valence-electron chi connectivity index (χ4n) is 1.06. The Labute approximate surface area is 105 Å². The minimum absolute atomic E-state index is 0.537. The molecule has 0 saturated carbocycles. The average molecular weight is 314 g/mol. The number of esters is 1. The zero-order valence-electron chi connectivity index (χ0n) is 10.4. The molecule has 0 aromatic carbocycles. The normalized spacial score (nSPS) is 16.4. The van der Waals surface area contributed by atoms with Crippen LogP contribution in [0.1, 0.15) is 0 Å². The number of halogens is 5. The van der Waals surface area contributed by atoms with E-state index in [-0.39, 0.29) is 0 Å². The molecule has 0 fully saturated rings. The first-order chi connectivity index (χ1) is 8.50. The van der Waals surface area contributed by atoms with E-state index in [0.29, 0.717) is 28.4 Å². The molecule has 0 saturated heterocycles. The van der Waals surface area contributed by atoms with Gasteiger partial charge in [0.25, 0.3) is 0 Å². The van der Waals surface area contributed by atoms with Crippen molar-refractivity contribution in [3.8, 4) is 0 Å². The summed E-state index contributed by atoms with van der Waals surface area (Å²) in [6, 6.07) is 0. The summed E-state index contributed by atoms with van der Waals surface area (Å²) in [5.74, 6) is -2.14. The Kier molecular flexibility index (Phi) is 5.41. The van der Waals surface area contributed by atoms with Gasteiger partial charge in [0.05, 0.1) is 0 Å². The van der Waals surface area contributed by atoms with Crippen molar-refractivity contribution >= 4 is 13.6 Å². The first kappa shape index (κ1) is 18.2. The summed E-state index contributed by atoms with van der Waals surface area (Å²) in [4.78, 5) is 11.0. The average Bonchev–Trinajstić information content (AvgIpc) is 2.36. The van der Waals surface area contributed by atoms with E-state index in [1.807, 2.05) is 0 Å². The van der Waals surface area contributed by atoms with Gasteiger partial charge in [-0.3, -0.25) is 0 Å².